The van der Waals surface area contributed by atoms with Gasteiger partial charge in [0.25, 0.3) is 5.91 Å². The molecule has 0 saturated carbocycles. The van der Waals surface area contributed by atoms with Crippen molar-refractivity contribution in [1.82, 2.24) is 4.90 Å². The molecule has 1 aromatic carbocycles. The topological polar surface area (TPSA) is 40.5 Å². The minimum absolute atomic E-state index is 0.106. The van der Waals surface area contributed by atoms with E-state index in [1.807, 2.05) is 11.8 Å². The third-order valence-corrected chi connectivity index (χ3v) is 4.31. The fourth-order valence-corrected chi connectivity index (χ4v) is 3.08. The van der Waals surface area contributed by atoms with Crippen molar-refractivity contribution in [3.63, 3.8) is 0 Å². The van der Waals surface area contributed by atoms with Crippen LogP contribution in [0.1, 0.15) is 41.6 Å². The predicted molar refractivity (Wildman–Crippen MR) is 79.9 cm³/mol. The Balaban J connectivity index is 2.13. The van der Waals surface area contributed by atoms with Crippen LogP contribution in [0.15, 0.2) is 18.2 Å². The lowest BCUT2D eigenvalue weighted by molar-refractivity contribution is 0.0729. The highest BCUT2D eigenvalue weighted by Gasteiger charge is 2.29. The summed E-state index contributed by atoms with van der Waals surface area (Å²) in [5.41, 5.74) is 1.56. The molecule has 3 nitrogen and oxygen atoms in total. The molecule has 1 atom stereocenters. The average molecular weight is 326 g/mol. The number of amides is 1. The molecule has 104 valence electrons. The Hall–Kier alpha value is -1.03. The largest absolute Gasteiger partial charge is 0.508 e. The van der Waals surface area contributed by atoms with Crippen LogP contribution in [-0.4, -0.2) is 33.8 Å². The molecule has 1 aliphatic heterocycles. The lowest BCUT2D eigenvalue weighted by Crippen LogP contribution is -2.35. The van der Waals surface area contributed by atoms with Gasteiger partial charge in [-0.15, -0.1) is 0 Å². The molecule has 0 radical (unpaired) electrons. The standard InChI is InChI=1S/C15H20BrNO2/c1-11-10-13(18)6-7-14(11)15(19)17-9-3-5-12(17)4-2-8-16/h6-7,10,12,18H,2-5,8-9H2,1H3. The highest BCUT2D eigenvalue weighted by atomic mass is 79.9. The number of likely N-dealkylation sites (tertiary alicyclic amines) is 1. The Morgan fingerprint density at radius 3 is 3.00 bits per heavy atom. The van der Waals surface area contributed by atoms with Gasteiger partial charge in [-0.25, -0.2) is 0 Å². The molecule has 0 aromatic heterocycles. The third-order valence-electron chi connectivity index (χ3n) is 3.75. The fourth-order valence-electron chi connectivity index (χ4n) is 2.76. The van der Waals surface area contributed by atoms with Gasteiger partial charge in [0.2, 0.25) is 0 Å². The first kappa shape index (κ1) is 14.4. The molecular weight excluding hydrogens is 306 g/mol. The van der Waals surface area contributed by atoms with Gasteiger partial charge in [0.1, 0.15) is 5.75 Å². The first-order chi connectivity index (χ1) is 9.13. The first-order valence-electron chi connectivity index (χ1n) is 6.80. The number of halogens is 1. The van der Waals surface area contributed by atoms with Crippen LogP contribution in [0.4, 0.5) is 0 Å². The molecule has 1 heterocycles. The van der Waals surface area contributed by atoms with Gasteiger partial charge >= 0.3 is 0 Å². The van der Waals surface area contributed by atoms with Gasteiger partial charge in [-0.1, -0.05) is 15.9 Å². The summed E-state index contributed by atoms with van der Waals surface area (Å²) >= 11 is 3.45. The summed E-state index contributed by atoms with van der Waals surface area (Å²) in [5, 5.41) is 10.4. The van der Waals surface area contributed by atoms with E-state index in [0.29, 0.717) is 11.6 Å². The molecule has 0 aliphatic carbocycles. The van der Waals surface area contributed by atoms with E-state index in [4.69, 9.17) is 0 Å². The summed E-state index contributed by atoms with van der Waals surface area (Å²) in [5.74, 6) is 0.320. The zero-order valence-corrected chi connectivity index (χ0v) is 12.8. The molecule has 0 bridgehead atoms. The minimum atomic E-state index is 0.106. The molecule has 1 unspecified atom stereocenters. The van der Waals surface area contributed by atoms with Crippen LogP contribution >= 0.6 is 15.9 Å². The number of benzene rings is 1. The number of carbonyl (C=O) groups excluding carboxylic acids is 1. The van der Waals surface area contributed by atoms with E-state index in [1.165, 1.54) is 0 Å². The Bertz CT molecular complexity index is 461. The molecule has 1 amide bonds. The van der Waals surface area contributed by atoms with Crippen molar-refractivity contribution in [2.24, 2.45) is 0 Å². The van der Waals surface area contributed by atoms with Crippen LogP contribution in [-0.2, 0) is 0 Å². The van der Waals surface area contributed by atoms with Crippen molar-refractivity contribution in [1.29, 1.82) is 0 Å². The van der Waals surface area contributed by atoms with Crippen LogP contribution in [0.3, 0.4) is 0 Å². The Labute approximate surface area is 122 Å². The molecule has 1 aromatic rings. The van der Waals surface area contributed by atoms with E-state index < -0.39 is 0 Å². The molecular formula is C15H20BrNO2. The lowest BCUT2D eigenvalue weighted by Gasteiger charge is -2.25. The van der Waals surface area contributed by atoms with Gasteiger partial charge in [-0.2, -0.15) is 0 Å². The smallest absolute Gasteiger partial charge is 0.254 e. The van der Waals surface area contributed by atoms with Crippen molar-refractivity contribution >= 4 is 21.8 Å². The molecule has 1 aliphatic rings. The van der Waals surface area contributed by atoms with Crippen LogP contribution in [0.5, 0.6) is 5.75 Å². The van der Waals surface area contributed by atoms with Gasteiger partial charge in [0, 0.05) is 23.5 Å². The van der Waals surface area contributed by atoms with Crippen molar-refractivity contribution in [3.8, 4) is 5.75 Å². The number of aryl methyl sites for hydroxylation is 1. The molecule has 1 saturated heterocycles. The summed E-state index contributed by atoms with van der Waals surface area (Å²) in [4.78, 5) is 14.6. The number of phenolic OH excluding ortho intramolecular Hbond substituents is 1. The predicted octanol–water partition coefficient (Wildman–Crippen LogP) is 3.48. The number of alkyl halides is 1. The van der Waals surface area contributed by atoms with E-state index in [2.05, 4.69) is 15.9 Å². The molecule has 4 heteroatoms. The van der Waals surface area contributed by atoms with Gasteiger partial charge in [0.05, 0.1) is 0 Å². The number of aromatic hydroxyl groups is 1. The van der Waals surface area contributed by atoms with Crippen molar-refractivity contribution < 1.29 is 9.90 Å². The van der Waals surface area contributed by atoms with Crippen molar-refractivity contribution in [3.05, 3.63) is 29.3 Å². The number of rotatable bonds is 4. The second kappa shape index (κ2) is 6.42. The minimum Gasteiger partial charge on any atom is -0.508 e. The average Bonchev–Trinajstić information content (AvgIpc) is 2.83. The van der Waals surface area contributed by atoms with E-state index in [-0.39, 0.29) is 11.7 Å². The maximum absolute atomic E-state index is 12.6. The van der Waals surface area contributed by atoms with Crippen LogP contribution in [0.2, 0.25) is 0 Å². The second-order valence-electron chi connectivity index (χ2n) is 5.13. The zero-order valence-electron chi connectivity index (χ0n) is 11.2. The van der Waals surface area contributed by atoms with Gasteiger partial charge in [0.15, 0.2) is 0 Å². The summed E-state index contributed by atoms with van der Waals surface area (Å²) in [6.45, 7) is 2.72. The Morgan fingerprint density at radius 2 is 2.32 bits per heavy atom. The normalized spacial score (nSPS) is 18.8. The Morgan fingerprint density at radius 1 is 1.53 bits per heavy atom. The first-order valence-corrected chi connectivity index (χ1v) is 7.92. The summed E-state index contributed by atoms with van der Waals surface area (Å²) in [6.07, 6.45) is 4.36. The van der Waals surface area contributed by atoms with Gasteiger partial charge in [-0.05, 0) is 56.4 Å². The molecule has 0 spiro atoms. The number of carbonyl (C=O) groups is 1. The quantitative estimate of drug-likeness (QED) is 0.861. The number of hydrogen-bond donors (Lipinski definition) is 1. The van der Waals surface area contributed by atoms with Gasteiger partial charge < -0.3 is 10.0 Å². The van der Waals surface area contributed by atoms with E-state index in [9.17, 15) is 9.90 Å². The van der Waals surface area contributed by atoms with E-state index >= 15 is 0 Å². The van der Waals surface area contributed by atoms with E-state index in [0.717, 1.165) is 43.1 Å². The van der Waals surface area contributed by atoms with Gasteiger partial charge in [-0.3, -0.25) is 4.79 Å². The molecule has 2 rings (SSSR count). The maximum atomic E-state index is 12.6. The summed E-state index contributed by atoms with van der Waals surface area (Å²) in [6, 6.07) is 5.34. The monoisotopic (exact) mass is 325 g/mol. The SMILES string of the molecule is Cc1cc(O)ccc1C(=O)N1CCCC1CCCBr. The van der Waals surface area contributed by atoms with Crippen LogP contribution in [0, 0.1) is 6.92 Å². The Kier molecular flexibility index (Phi) is 4.86. The zero-order chi connectivity index (χ0) is 13.8. The molecule has 19 heavy (non-hydrogen) atoms. The molecule has 1 fully saturated rings. The highest BCUT2D eigenvalue weighted by Crippen LogP contribution is 2.25. The second-order valence-corrected chi connectivity index (χ2v) is 5.92. The highest BCUT2D eigenvalue weighted by molar-refractivity contribution is 9.09. The fraction of sp³-hybridized carbons (Fsp3) is 0.533. The number of phenols is 1. The summed E-state index contributed by atoms with van der Waals surface area (Å²) in [7, 11) is 0. The van der Waals surface area contributed by atoms with E-state index in [1.54, 1.807) is 18.2 Å². The van der Waals surface area contributed by atoms with Crippen molar-refractivity contribution in [2.45, 2.75) is 38.6 Å². The number of nitrogens with zero attached hydrogens (tertiary/aromatic N) is 1. The maximum Gasteiger partial charge on any atom is 0.254 e. The van der Waals surface area contributed by atoms with Crippen LogP contribution in [0.25, 0.3) is 0 Å². The lowest BCUT2D eigenvalue weighted by atomic mass is 10.1. The number of hydrogen-bond acceptors (Lipinski definition) is 2. The van der Waals surface area contributed by atoms with Crippen molar-refractivity contribution in [2.75, 3.05) is 11.9 Å². The molecule has 1 N–H and O–H groups in total. The van der Waals surface area contributed by atoms with Crippen LogP contribution < -0.4 is 0 Å². The summed E-state index contributed by atoms with van der Waals surface area (Å²) < 4.78 is 0. The third kappa shape index (κ3) is 3.30.